The van der Waals surface area contributed by atoms with E-state index in [4.69, 9.17) is 0 Å². The average Bonchev–Trinajstić information content (AvgIpc) is 3.01. The highest BCUT2D eigenvalue weighted by atomic mass is 16.2. The number of carbonyl (C=O) groups excluding carboxylic acids is 2. The van der Waals surface area contributed by atoms with Gasteiger partial charge in [-0.15, -0.1) is 0 Å². The van der Waals surface area contributed by atoms with Crippen LogP contribution in [0.3, 0.4) is 0 Å². The van der Waals surface area contributed by atoms with Crippen LogP contribution >= 0.6 is 0 Å². The minimum atomic E-state index is -1.06. The van der Waals surface area contributed by atoms with Gasteiger partial charge in [0.15, 0.2) is 0 Å². The number of fused-ring (bicyclic) bond motifs is 1. The number of H-pyrrole nitrogens is 1. The van der Waals surface area contributed by atoms with Crippen LogP contribution < -0.4 is 10.6 Å². The van der Waals surface area contributed by atoms with Crippen molar-refractivity contribution in [2.24, 2.45) is 5.41 Å². The van der Waals surface area contributed by atoms with Crippen LogP contribution in [0.4, 0.5) is 0 Å². The van der Waals surface area contributed by atoms with E-state index in [-0.39, 0.29) is 11.8 Å². The highest BCUT2D eigenvalue weighted by Gasteiger charge is 2.35. The van der Waals surface area contributed by atoms with E-state index in [1.807, 2.05) is 24.4 Å². The summed E-state index contributed by atoms with van der Waals surface area (Å²) in [4.78, 5) is 27.9. The molecule has 0 bridgehead atoms. The van der Waals surface area contributed by atoms with Crippen LogP contribution in [0, 0.1) is 5.41 Å². The van der Waals surface area contributed by atoms with Gasteiger partial charge in [-0.25, -0.2) is 0 Å². The molecule has 5 nitrogen and oxygen atoms in total. The van der Waals surface area contributed by atoms with Gasteiger partial charge in [0.2, 0.25) is 11.8 Å². The fourth-order valence-electron chi connectivity index (χ4n) is 2.77. The lowest BCUT2D eigenvalue weighted by atomic mass is 9.91. The maximum Gasteiger partial charge on any atom is 0.235 e. The topological polar surface area (TPSA) is 74.0 Å². The zero-order chi connectivity index (χ0) is 18.3. The molecule has 0 saturated carbocycles. The van der Waals surface area contributed by atoms with E-state index in [0.717, 1.165) is 36.8 Å². The van der Waals surface area contributed by atoms with Crippen molar-refractivity contribution >= 4 is 22.7 Å². The molecule has 3 N–H and O–H groups in total. The Labute approximate surface area is 149 Å². The monoisotopic (exact) mass is 343 g/mol. The van der Waals surface area contributed by atoms with E-state index in [0.29, 0.717) is 13.1 Å². The largest absolute Gasteiger partial charge is 0.361 e. The van der Waals surface area contributed by atoms with Crippen LogP contribution in [0.25, 0.3) is 10.9 Å². The maximum atomic E-state index is 12.4. The van der Waals surface area contributed by atoms with Crippen LogP contribution in [0.1, 0.15) is 45.6 Å². The number of hydrogen-bond donors (Lipinski definition) is 3. The number of rotatable bonds is 9. The normalized spacial score (nSPS) is 11.5. The number of carbonyl (C=O) groups is 2. The van der Waals surface area contributed by atoms with Crippen LogP contribution in [0.5, 0.6) is 0 Å². The fourth-order valence-corrected chi connectivity index (χ4v) is 2.77. The van der Waals surface area contributed by atoms with Crippen LogP contribution in [-0.4, -0.2) is 29.9 Å². The highest BCUT2D eigenvalue weighted by molar-refractivity contribution is 6.04. The van der Waals surface area contributed by atoms with E-state index in [9.17, 15) is 9.59 Å². The SMILES string of the molecule is CCCCCNC(=O)C(C)(C)C(=O)NCCc1c[nH]c2ccccc12. The Balaban J connectivity index is 1.83. The van der Waals surface area contributed by atoms with E-state index < -0.39 is 5.41 Å². The fraction of sp³-hybridized carbons (Fsp3) is 0.500. The zero-order valence-electron chi connectivity index (χ0n) is 15.4. The number of hydrogen-bond acceptors (Lipinski definition) is 2. The molecule has 0 unspecified atom stereocenters. The van der Waals surface area contributed by atoms with Crippen molar-refractivity contribution in [2.45, 2.75) is 46.5 Å². The summed E-state index contributed by atoms with van der Waals surface area (Å²) in [5, 5.41) is 6.93. The molecular formula is C20H29N3O2. The molecule has 1 heterocycles. The van der Waals surface area contributed by atoms with Crippen molar-refractivity contribution in [3.05, 3.63) is 36.0 Å². The molecule has 1 aromatic heterocycles. The molecule has 0 spiro atoms. The summed E-state index contributed by atoms with van der Waals surface area (Å²) in [7, 11) is 0. The van der Waals surface area contributed by atoms with Gasteiger partial charge in [0.25, 0.3) is 0 Å². The first kappa shape index (κ1) is 19.0. The molecule has 0 fully saturated rings. The summed E-state index contributed by atoms with van der Waals surface area (Å²) >= 11 is 0. The molecule has 2 rings (SSSR count). The first-order valence-corrected chi connectivity index (χ1v) is 9.08. The van der Waals surface area contributed by atoms with Gasteiger partial charge in [0.1, 0.15) is 5.41 Å². The van der Waals surface area contributed by atoms with Crippen molar-refractivity contribution in [3.63, 3.8) is 0 Å². The standard InChI is InChI=1S/C20H29N3O2/c1-4-5-8-12-21-18(24)20(2,3)19(25)22-13-11-15-14-23-17-10-7-6-9-16(15)17/h6-7,9-10,14,23H,4-5,8,11-13H2,1-3H3,(H,21,24)(H,22,25). The van der Waals surface area contributed by atoms with Crippen LogP contribution in [0.15, 0.2) is 30.5 Å². The summed E-state index contributed by atoms with van der Waals surface area (Å²) in [6.07, 6.45) is 5.83. The van der Waals surface area contributed by atoms with Gasteiger partial charge in [0.05, 0.1) is 0 Å². The molecule has 0 atom stereocenters. The van der Waals surface area contributed by atoms with Crippen molar-refractivity contribution in [1.82, 2.24) is 15.6 Å². The van der Waals surface area contributed by atoms with E-state index in [1.54, 1.807) is 13.8 Å². The van der Waals surface area contributed by atoms with E-state index in [2.05, 4.69) is 28.6 Å². The molecule has 0 radical (unpaired) electrons. The number of unbranched alkanes of at least 4 members (excludes halogenated alkanes) is 2. The molecule has 136 valence electrons. The Morgan fingerprint density at radius 2 is 1.72 bits per heavy atom. The minimum absolute atomic E-state index is 0.215. The molecular weight excluding hydrogens is 314 g/mol. The lowest BCUT2D eigenvalue weighted by molar-refractivity contribution is -0.141. The molecule has 2 amide bonds. The van der Waals surface area contributed by atoms with Gasteiger partial charge >= 0.3 is 0 Å². The van der Waals surface area contributed by atoms with Gasteiger partial charge < -0.3 is 15.6 Å². The maximum absolute atomic E-state index is 12.4. The second-order valence-corrected chi connectivity index (χ2v) is 6.95. The number of aromatic nitrogens is 1. The number of benzene rings is 1. The Kier molecular flexibility index (Phi) is 6.62. The Morgan fingerprint density at radius 3 is 2.44 bits per heavy atom. The van der Waals surface area contributed by atoms with Crippen molar-refractivity contribution in [1.29, 1.82) is 0 Å². The number of amides is 2. The smallest absolute Gasteiger partial charge is 0.235 e. The summed E-state index contributed by atoms with van der Waals surface area (Å²) in [6.45, 7) is 6.59. The zero-order valence-corrected chi connectivity index (χ0v) is 15.4. The second-order valence-electron chi connectivity index (χ2n) is 6.95. The van der Waals surface area contributed by atoms with Crippen molar-refractivity contribution in [3.8, 4) is 0 Å². The third-order valence-electron chi connectivity index (χ3n) is 4.56. The van der Waals surface area contributed by atoms with Gasteiger partial charge in [-0.2, -0.15) is 0 Å². The quantitative estimate of drug-likeness (QED) is 0.483. The lowest BCUT2D eigenvalue weighted by Crippen LogP contribution is -2.48. The Hall–Kier alpha value is -2.30. The van der Waals surface area contributed by atoms with Crippen molar-refractivity contribution in [2.75, 3.05) is 13.1 Å². The third kappa shape index (κ3) is 4.84. The number of para-hydroxylation sites is 1. The van der Waals surface area contributed by atoms with Crippen LogP contribution in [-0.2, 0) is 16.0 Å². The summed E-state index contributed by atoms with van der Waals surface area (Å²) in [5.41, 5.74) is 1.19. The predicted octanol–water partition coefficient (Wildman–Crippen LogP) is 3.16. The number of nitrogens with one attached hydrogen (secondary N) is 3. The Morgan fingerprint density at radius 1 is 1.04 bits per heavy atom. The second kappa shape index (κ2) is 8.70. The van der Waals surface area contributed by atoms with E-state index >= 15 is 0 Å². The molecule has 25 heavy (non-hydrogen) atoms. The van der Waals surface area contributed by atoms with Crippen molar-refractivity contribution < 1.29 is 9.59 Å². The highest BCUT2D eigenvalue weighted by Crippen LogP contribution is 2.18. The molecule has 5 heteroatoms. The minimum Gasteiger partial charge on any atom is -0.361 e. The summed E-state index contributed by atoms with van der Waals surface area (Å²) in [6, 6.07) is 8.09. The first-order chi connectivity index (χ1) is 12.0. The molecule has 0 aliphatic rings. The number of aromatic amines is 1. The van der Waals surface area contributed by atoms with Gasteiger partial charge in [-0.1, -0.05) is 38.0 Å². The van der Waals surface area contributed by atoms with Gasteiger partial charge in [-0.3, -0.25) is 9.59 Å². The summed E-state index contributed by atoms with van der Waals surface area (Å²) < 4.78 is 0. The van der Waals surface area contributed by atoms with Gasteiger partial charge in [0, 0.05) is 30.2 Å². The molecule has 1 aromatic carbocycles. The molecule has 0 aliphatic heterocycles. The molecule has 0 aliphatic carbocycles. The predicted molar refractivity (Wildman–Crippen MR) is 101 cm³/mol. The molecule has 0 saturated heterocycles. The average molecular weight is 343 g/mol. The third-order valence-corrected chi connectivity index (χ3v) is 4.56. The molecule has 2 aromatic rings. The lowest BCUT2D eigenvalue weighted by Gasteiger charge is -2.22. The van der Waals surface area contributed by atoms with Gasteiger partial charge in [-0.05, 0) is 38.3 Å². The van der Waals surface area contributed by atoms with Crippen LogP contribution in [0.2, 0.25) is 0 Å². The Bertz CT molecular complexity index is 719. The summed E-state index contributed by atoms with van der Waals surface area (Å²) in [5.74, 6) is -0.450. The van der Waals surface area contributed by atoms with E-state index in [1.165, 1.54) is 5.39 Å². The first-order valence-electron chi connectivity index (χ1n) is 9.08.